The molecule has 1 rings (SSSR count). The minimum absolute atomic E-state index is 0.677. The Morgan fingerprint density at radius 3 is 2.76 bits per heavy atom. The number of nitrogens with zero attached hydrogens (tertiary/aromatic N) is 2. The van der Waals surface area contributed by atoms with E-state index in [4.69, 9.17) is 0 Å². The molecule has 0 aliphatic heterocycles. The molecular weight excluding hydrogens is 230 g/mol. The molecule has 0 bridgehead atoms. The molecule has 0 aromatic carbocycles. The smallest absolute Gasteiger partial charge is 0.138 e. The van der Waals surface area contributed by atoms with Gasteiger partial charge in [0.2, 0.25) is 0 Å². The fraction of sp³-hybridized carbons (Fsp3) is 0.692. The molecule has 0 saturated carbocycles. The first-order valence-electron chi connectivity index (χ1n) is 6.31. The summed E-state index contributed by atoms with van der Waals surface area (Å²) in [5.41, 5.74) is 2.16. The molecule has 0 aliphatic carbocycles. The number of aromatic nitrogens is 2. The fourth-order valence-corrected chi connectivity index (χ4v) is 2.24. The minimum atomic E-state index is 0.677. The summed E-state index contributed by atoms with van der Waals surface area (Å²) in [6, 6.07) is 2.06. The monoisotopic (exact) mass is 253 g/mol. The van der Waals surface area contributed by atoms with Crippen LogP contribution in [0.2, 0.25) is 0 Å². The Kier molecular flexibility index (Phi) is 6.52. The predicted molar refractivity (Wildman–Crippen MR) is 75.2 cm³/mol. The largest absolute Gasteiger partial charge is 0.311 e. The Balaban J connectivity index is 2.61. The van der Waals surface area contributed by atoms with Crippen molar-refractivity contribution in [2.75, 3.05) is 6.54 Å². The summed E-state index contributed by atoms with van der Waals surface area (Å²) in [4.78, 5) is 9.07. The van der Waals surface area contributed by atoms with Gasteiger partial charge >= 0.3 is 0 Å². The third-order valence-corrected chi connectivity index (χ3v) is 3.91. The Morgan fingerprint density at radius 2 is 2.12 bits per heavy atom. The maximum absolute atomic E-state index is 4.58. The number of rotatable bonds is 7. The Labute approximate surface area is 109 Å². The van der Waals surface area contributed by atoms with E-state index in [1.807, 2.05) is 18.7 Å². The van der Waals surface area contributed by atoms with Crippen LogP contribution in [0.15, 0.2) is 6.07 Å². The number of nitrogens with one attached hydrogen (secondary N) is 1. The van der Waals surface area contributed by atoms with Crippen LogP contribution in [0.4, 0.5) is 0 Å². The van der Waals surface area contributed by atoms with Gasteiger partial charge in [0.05, 0.1) is 11.4 Å². The molecule has 3 nitrogen and oxygen atoms in total. The zero-order chi connectivity index (χ0) is 12.7. The van der Waals surface area contributed by atoms with Crippen molar-refractivity contribution in [3.8, 4) is 0 Å². The molecule has 0 fully saturated rings. The standard InChI is InChI=1S/C13H23N3S/c1-5-11(4)17-9-13-15-10(3)7-12(16-13)8-14-6-2/h7,11,14H,5-6,8-9H2,1-4H3. The normalized spacial score (nSPS) is 12.7. The van der Waals surface area contributed by atoms with Gasteiger partial charge in [-0.3, -0.25) is 0 Å². The fourth-order valence-electron chi connectivity index (χ4n) is 1.44. The van der Waals surface area contributed by atoms with Crippen molar-refractivity contribution in [1.82, 2.24) is 15.3 Å². The van der Waals surface area contributed by atoms with Gasteiger partial charge in [0.1, 0.15) is 5.82 Å². The van der Waals surface area contributed by atoms with Crippen LogP contribution in [0.5, 0.6) is 0 Å². The zero-order valence-electron chi connectivity index (χ0n) is 11.3. The summed E-state index contributed by atoms with van der Waals surface area (Å²) >= 11 is 1.93. The molecular formula is C13H23N3S. The van der Waals surface area contributed by atoms with Gasteiger partial charge in [0, 0.05) is 17.5 Å². The SMILES string of the molecule is CCNCc1cc(C)nc(CSC(C)CC)n1. The number of aryl methyl sites for hydroxylation is 1. The summed E-state index contributed by atoms with van der Waals surface area (Å²) in [6.45, 7) is 10.4. The average Bonchev–Trinajstić information content (AvgIpc) is 2.32. The Morgan fingerprint density at radius 1 is 1.35 bits per heavy atom. The quantitative estimate of drug-likeness (QED) is 0.811. The summed E-state index contributed by atoms with van der Waals surface area (Å²) in [7, 11) is 0. The lowest BCUT2D eigenvalue weighted by molar-refractivity contribution is 0.702. The highest BCUT2D eigenvalue weighted by atomic mass is 32.2. The molecule has 0 aliphatic rings. The van der Waals surface area contributed by atoms with Crippen molar-refractivity contribution < 1.29 is 0 Å². The molecule has 96 valence electrons. The van der Waals surface area contributed by atoms with E-state index in [0.29, 0.717) is 5.25 Å². The lowest BCUT2D eigenvalue weighted by Gasteiger charge is -2.09. The first-order chi connectivity index (χ1) is 8.15. The third-order valence-electron chi connectivity index (χ3n) is 2.58. The average molecular weight is 253 g/mol. The van der Waals surface area contributed by atoms with E-state index in [0.717, 1.165) is 36.1 Å². The molecule has 1 N–H and O–H groups in total. The molecule has 0 saturated heterocycles. The van der Waals surface area contributed by atoms with Crippen LogP contribution in [-0.2, 0) is 12.3 Å². The second-order valence-corrected chi connectivity index (χ2v) is 5.65. The van der Waals surface area contributed by atoms with Gasteiger partial charge in [-0.25, -0.2) is 9.97 Å². The lowest BCUT2D eigenvalue weighted by atomic mass is 10.3. The number of hydrogen-bond acceptors (Lipinski definition) is 4. The van der Waals surface area contributed by atoms with E-state index in [2.05, 4.69) is 42.1 Å². The van der Waals surface area contributed by atoms with Crippen molar-refractivity contribution in [1.29, 1.82) is 0 Å². The highest BCUT2D eigenvalue weighted by molar-refractivity contribution is 7.99. The Bertz CT molecular complexity index is 341. The second kappa shape index (κ2) is 7.67. The number of thioether (sulfide) groups is 1. The Hall–Kier alpha value is -0.610. The molecule has 1 heterocycles. The summed E-state index contributed by atoms with van der Waals surface area (Å²) in [5, 5.41) is 3.98. The number of hydrogen-bond donors (Lipinski definition) is 1. The van der Waals surface area contributed by atoms with E-state index in [-0.39, 0.29) is 0 Å². The van der Waals surface area contributed by atoms with Gasteiger partial charge < -0.3 is 5.32 Å². The van der Waals surface area contributed by atoms with Gasteiger partial charge in [-0.1, -0.05) is 20.8 Å². The molecule has 0 radical (unpaired) electrons. The van der Waals surface area contributed by atoms with Gasteiger partial charge in [-0.2, -0.15) is 11.8 Å². The van der Waals surface area contributed by atoms with Gasteiger partial charge in [-0.15, -0.1) is 0 Å². The summed E-state index contributed by atoms with van der Waals surface area (Å²) in [5.74, 6) is 1.87. The molecule has 0 spiro atoms. The van der Waals surface area contributed by atoms with Crippen LogP contribution in [0, 0.1) is 6.92 Å². The van der Waals surface area contributed by atoms with Crippen molar-refractivity contribution in [3.05, 3.63) is 23.3 Å². The maximum atomic E-state index is 4.58. The van der Waals surface area contributed by atoms with Crippen LogP contribution in [0.25, 0.3) is 0 Å². The first kappa shape index (κ1) is 14.5. The second-order valence-electron chi connectivity index (χ2n) is 4.23. The molecule has 1 aromatic heterocycles. The summed E-state index contributed by atoms with van der Waals surface area (Å²) < 4.78 is 0. The van der Waals surface area contributed by atoms with Crippen LogP contribution >= 0.6 is 11.8 Å². The van der Waals surface area contributed by atoms with Crippen molar-refractivity contribution >= 4 is 11.8 Å². The van der Waals surface area contributed by atoms with Crippen molar-refractivity contribution in [3.63, 3.8) is 0 Å². The van der Waals surface area contributed by atoms with E-state index in [9.17, 15) is 0 Å². The third kappa shape index (κ3) is 5.50. The van der Waals surface area contributed by atoms with E-state index in [1.165, 1.54) is 6.42 Å². The summed E-state index contributed by atoms with van der Waals surface area (Å²) in [6.07, 6.45) is 1.20. The molecule has 1 unspecified atom stereocenters. The molecule has 1 aromatic rings. The van der Waals surface area contributed by atoms with E-state index >= 15 is 0 Å². The topological polar surface area (TPSA) is 37.8 Å². The molecule has 17 heavy (non-hydrogen) atoms. The van der Waals surface area contributed by atoms with Crippen LogP contribution in [0.1, 0.15) is 44.4 Å². The van der Waals surface area contributed by atoms with Crippen molar-refractivity contribution in [2.24, 2.45) is 0 Å². The van der Waals surface area contributed by atoms with Gasteiger partial charge in [-0.05, 0) is 26.0 Å². The zero-order valence-corrected chi connectivity index (χ0v) is 12.1. The highest BCUT2D eigenvalue weighted by Crippen LogP contribution is 2.18. The van der Waals surface area contributed by atoms with Crippen LogP contribution < -0.4 is 5.32 Å². The molecule has 0 amide bonds. The lowest BCUT2D eigenvalue weighted by Crippen LogP contribution is -2.14. The van der Waals surface area contributed by atoms with Crippen molar-refractivity contribution in [2.45, 2.75) is 51.7 Å². The molecule has 4 heteroatoms. The van der Waals surface area contributed by atoms with Crippen LogP contribution in [-0.4, -0.2) is 21.8 Å². The van der Waals surface area contributed by atoms with Crippen LogP contribution in [0.3, 0.4) is 0 Å². The maximum Gasteiger partial charge on any atom is 0.138 e. The van der Waals surface area contributed by atoms with E-state index < -0.39 is 0 Å². The highest BCUT2D eigenvalue weighted by Gasteiger charge is 2.05. The first-order valence-corrected chi connectivity index (χ1v) is 7.36. The minimum Gasteiger partial charge on any atom is -0.311 e. The van der Waals surface area contributed by atoms with E-state index in [1.54, 1.807) is 0 Å². The van der Waals surface area contributed by atoms with Gasteiger partial charge in [0.25, 0.3) is 0 Å². The predicted octanol–water partition coefficient (Wildman–Crippen LogP) is 2.93. The molecule has 1 atom stereocenters. The van der Waals surface area contributed by atoms with Gasteiger partial charge in [0.15, 0.2) is 0 Å².